The predicted molar refractivity (Wildman–Crippen MR) is 83.1 cm³/mol. The Bertz CT molecular complexity index is 826. The molecule has 0 bridgehead atoms. The second kappa shape index (κ2) is 5.85. The lowest BCUT2D eigenvalue weighted by Gasteiger charge is -2.05. The summed E-state index contributed by atoms with van der Waals surface area (Å²) < 4.78 is 5.71. The molecule has 0 aliphatic carbocycles. The number of benzene rings is 1. The predicted octanol–water partition coefficient (Wildman–Crippen LogP) is 2.81. The molecule has 0 saturated heterocycles. The fourth-order valence-electron chi connectivity index (χ4n) is 2.15. The number of H-pyrrole nitrogens is 1. The van der Waals surface area contributed by atoms with Gasteiger partial charge in [-0.15, -0.1) is 0 Å². The van der Waals surface area contributed by atoms with Crippen molar-refractivity contribution in [3.8, 4) is 11.6 Å². The van der Waals surface area contributed by atoms with Crippen molar-refractivity contribution < 1.29 is 9.53 Å². The van der Waals surface area contributed by atoms with Gasteiger partial charge in [-0.05, 0) is 31.5 Å². The molecule has 0 saturated carbocycles. The number of carbonyl (C=O) groups excluding carboxylic acids is 1. The number of aromatic amines is 1. The summed E-state index contributed by atoms with van der Waals surface area (Å²) in [4.78, 5) is 23.6. The van der Waals surface area contributed by atoms with E-state index in [1.165, 1.54) is 6.20 Å². The van der Waals surface area contributed by atoms with E-state index in [1.807, 2.05) is 38.1 Å². The van der Waals surface area contributed by atoms with Crippen molar-refractivity contribution >= 4 is 17.1 Å². The van der Waals surface area contributed by atoms with Gasteiger partial charge in [0, 0.05) is 12.7 Å². The van der Waals surface area contributed by atoms with E-state index in [4.69, 9.17) is 4.74 Å². The number of aromatic nitrogens is 3. The summed E-state index contributed by atoms with van der Waals surface area (Å²) in [6.45, 7) is 4.41. The highest BCUT2D eigenvalue weighted by molar-refractivity contribution is 6.04. The third-order valence-corrected chi connectivity index (χ3v) is 3.15. The summed E-state index contributed by atoms with van der Waals surface area (Å²) in [5.74, 6) is 0.850. The van der Waals surface area contributed by atoms with Crippen LogP contribution in [0.5, 0.6) is 11.6 Å². The molecule has 2 N–H and O–H groups in total. The van der Waals surface area contributed by atoms with Gasteiger partial charge >= 0.3 is 0 Å². The maximum atomic E-state index is 12.0. The molecule has 3 aromatic rings. The quantitative estimate of drug-likeness (QED) is 0.776. The first-order valence-electron chi connectivity index (χ1n) is 7.04. The Morgan fingerprint density at radius 1 is 1.41 bits per heavy atom. The monoisotopic (exact) mass is 296 g/mol. The van der Waals surface area contributed by atoms with Crippen molar-refractivity contribution in [1.29, 1.82) is 0 Å². The Labute approximate surface area is 127 Å². The molecular weight excluding hydrogens is 280 g/mol. The summed E-state index contributed by atoms with van der Waals surface area (Å²) in [6, 6.07) is 7.66. The van der Waals surface area contributed by atoms with E-state index in [0.29, 0.717) is 34.9 Å². The van der Waals surface area contributed by atoms with Crippen LogP contribution in [0.2, 0.25) is 0 Å². The normalized spacial score (nSPS) is 10.6. The highest BCUT2D eigenvalue weighted by Crippen LogP contribution is 2.22. The molecule has 1 aromatic carbocycles. The zero-order valence-corrected chi connectivity index (χ0v) is 12.4. The summed E-state index contributed by atoms with van der Waals surface area (Å²) >= 11 is 0. The molecule has 2 heterocycles. The number of fused-ring (bicyclic) bond motifs is 1. The lowest BCUT2D eigenvalue weighted by molar-refractivity contribution is 0.0957. The number of aryl methyl sites for hydroxylation is 1. The maximum Gasteiger partial charge on any atom is 0.255 e. The van der Waals surface area contributed by atoms with Crippen molar-refractivity contribution in [1.82, 2.24) is 20.3 Å². The van der Waals surface area contributed by atoms with Crippen LogP contribution in [0.1, 0.15) is 22.8 Å². The average molecular weight is 296 g/mol. The van der Waals surface area contributed by atoms with Gasteiger partial charge in [-0.2, -0.15) is 0 Å². The summed E-state index contributed by atoms with van der Waals surface area (Å²) in [6.07, 6.45) is 3.13. The number of nitrogens with one attached hydrogen (secondary N) is 2. The molecule has 0 unspecified atom stereocenters. The van der Waals surface area contributed by atoms with Gasteiger partial charge < -0.3 is 15.0 Å². The Balaban J connectivity index is 1.94. The highest BCUT2D eigenvalue weighted by Gasteiger charge is 2.14. The van der Waals surface area contributed by atoms with Gasteiger partial charge in [-0.1, -0.05) is 12.1 Å². The first-order valence-corrected chi connectivity index (χ1v) is 7.04. The fourth-order valence-corrected chi connectivity index (χ4v) is 2.15. The summed E-state index contributed by atoms with van der Waals surface area (Å²) in [5, 5.41) is 2.75. The van der Waals surface area contributed by atoms with Crippen LogP contribution in [0.4, 0.5) is 0 Å². The zero-order chi connectivity index (χ0) is 15.5. The van der Waals surface area contributed by atoms with E-state index in [1.54, 1.807) is 6.20 Å². The van der Waals surface area contributed by atoms with Gasteiger partial charge in [-0.3, -0.25) is 4.79 Å². The molecular formula is C16H16N4O2. The van der Waals surface area contributed by atoms with E-state index >= 15 is 0 Å². The van der Waals surface area contributed by atoms with Crippen LogP contribution >= 0.6 is 0 Å². The fraction of sp³-hybridized carbons (Fsp3) is 0.188. The molecule has 6 nitrogen and oxygen atoms in total. The molecule has 1 amide bonds. The first-order chi connectivity index (χ1) is 10.7. The van der Waals surface area contributed by atoms with Crippen LogP contribution in [0.25, 0.3) is 11.2 Å². The number of amides is 1. The van der Waals surface area contributed by atoms with Crippen LogP contribution in [-0.2, 0) is 0 Å². The first kappa shape index (κ1) is 14.1. The minimum absolute atomic E-state index is 0.184. The van der Waals surface area contributed by atoms with E-state index in [2.05, 4.69) is 20.3 Å². The second-order valence-electron chi connectivity index (χ2n) is 4.89. The standard InChI is InChI=1S/C16H16N4O2/c1-3-17-16(21)12-8-18-15-14(12)20-13(9-19-15)22-11-6-4-5-10(2)7-11/h4-9H,3H2,1-2H3,(H,17,21)(H,18,19). The zero-order valence-electron chi connectivity index (χ0n) is 12.4. The molecule has 0 atom stereocenters. The number of ether oxygens (including phenoxy) is 1. The summed E-state index contributed by atoms with van der Waals surface area (Å²) in [5.41, 5.74) is 2.60. The Morgan fingerprint density at radius 3 is 3.05 bits per heavy atom. The Hall–Kier alpha value is -2.89. The van der Waals surface area contributed by atoms with Crippen LogP contribution in [0, 0.1) is 6.92 Å². The molecule has 0 aliphatic heterocycles. The van der Waals surface area contributed by atoms with E-state index < -0.39 is 0 Å². The minimum Gasteiger partial charge on any atom is -0.437 e. The molecule has 3 rings (SSSR count). The van der Waals surface area contributed by atoms with Gasteiger partial charge in [0.25, 0.3) is 5.91 Å². The lowest BCUT2D eigenvalue weighted by Crippen LogP contribution is -2.22. The minimum atomic E-state index is -0.184. The third kappa shape index (κ3) is 2.76. The molecule has 0 radical (unpaired) electrons. The van der Waals surface area contributed by atoms with Crippen LogP contribution in [0.3, 0.4) is 0 Å². The van der Waals surface area contributed by atoms with Gasteiger partial charge in [0.2, 0.25) is 5.88 Å². The maximum absolute atomic E-state index is 12.0. The Kier molecular flexibility index (Phi) is 3.74. The number of rotatable bonds is 4. The van der Waals surface area contributed by atoms with Crippen molar-refractivity contribution in [2.24, 2.45) is 0 Å². The topological polar surface area (TPSA) is 79.9 Å². The molecule has 0 fully saturated rings. The molecule has 6 heteroatoms. The third-order valence-electron chi connectivity index (χ3n) is 3.15. The largest absolute Gasteiger partial charge is 0.437 e. The van der Waals surface area contributed by atoms with Crippen LogP contribution in [-0.4, -0.2) is 27.4 Å². The average Bonchev–Trinajstić information content (AvgIpc) is 2.91. The molecule has 112 valence electrons. The van der Waals surface area contributed by atoms with Crippen LogP contribution in [0.15, 0.2) is 36.7 Å². The van der Waals surface area contributed by atoms with Gasteiger partial charge in [0.1, 0.15) is 11.3 Å². The van der Waals surface area contributed by atoms with E-state index in [-0.39, 0.29) is 5.91 Å². The second-order valence-corrected chi connectivity index (χ2v) is 4.89. The number of hydrogen-bond donors (Lipinski definition) is 2. The van der Waals surface area contributed by atoms with Crippen molar-refractivity contribution in [2.75, 3.05) is 6.54 Å². The molecule has 0 aliphatic rings. The number of nitrogens with zero attached hydrogens (tertiary/aromatic N) is 2. The number of hydrogen-bond acceptors (Lipinski definition) is 4. The van der Waals surface area contributed by atoms with Gasteiger partial charge in [-0.25, -0.2) is 9.97 Å². The van der Waals surface area contributed by atoms with E-state index in [9.17, 15) is 4.79 Å². The lowest BCUT2D eigenvalue weighted by atomic mass is 10.2. The van der Waals surface area contributed by atoms with E-state index in [0.717, 1.165) is 5.56 Å². The molecule has 0 spiro atoms. The highest BCUT2D eigenvalue weighted by atomic mass is 16.5. The molecule has 22 heavy (non-hydrogen) atoms. The van der Waals surface area contributed by atoms with Crippen molar-refractivity contribution in [2.45, 2.75) is 13.8 Å². The van der Waals surface area contributed by atoms with Crippen molar-refractivity contribution in [3.05, 3.63) is 47.8 Å². The van der Waals surface area contributed by atoms with Gasteiger partial charge in [0.15, 0.2) is 5.65 Å². The smallest absolute Gasteiger partial charge is 0.255 e. The number of carbonyl (C=O) groups is 1. The van der Waals surface area contributed by atoms with Crippen molar-refractivity contribution in [3.63, 3.8) is 0 Å². The SMILES string of the molecule is CCNC(=O)c1c[nH]c2ncc(Oc3cccc(C)c3)nc12. The molecule has 2 aromatic heterocycles. The summed E-state index contributed by atoms with van der Waals surface area (Å²) in [7, 11) is 0. The van der Waals surface area contributed by atoms with Gasteiger partial charge in [0.05, 0.1) is 11.8 Å². The Morgan fingerprint density at radius 2 is 2.27 bits per heavy atom. The van der Waals surface area contributed by atoms with Crippen LogP contribution < -0.4 is 10.1 Å².